The fraction of sp³-hybridized carbons (Fsp3) is 0.273. The Hall–Kier alpha value is -3.12. The number of H-pyrrole nitrogens is 1. The number of benzene rings is 2. The fourth-order valence-corrected chi connectivity index (χ4v) is 3.72. The third kappa shape index (κ3) is 3.51. The van der Waals surface area contributed by atoms with Crippen molar-refractivity contribution in [1.82, 2.24) is 15.1 Å². The van der Waals surface area contributed by atoms with Gasteiger partial charge >= 0.3 is 0 Å². The number of furan rings is 1. The van der Waals surface area contributed by atoms with Crippen LogP contribution in [0.5, 0.6) is 0 Å². The van der Waals surface area contributed by atoms with Crippen molar-refractivity contribution in [2.24, 2.45) is 5.73 Å². The highest BCUT2D eigenvalue weighted by Crippen LogP contribution is 2.34. The van der Waals surface area contributed by atoms with E-state index in [1.807, 2.05) is 30.3 Å². The van der Waals surface area contributed by atoms with Gasteiger partial charge in [0.05, 0.1) is 5.52 Å². The summed E-state index contributed by atoms with van der Waals surface area (Å²) >= 11 is 0. The summed E-state index contributed by atoms with van der Waals surface area (Å²) in [6.07, 6.45) is 2.03. The number of aromatic amines is 1. The lowest BCUT2D eigenvalue weighted by molar-refractivity contribution is -0.118. The molecule has 4 aromatic rings. The molecule has 28 heavy (non-hydrogen) atoms. The molecule has 0 saturated heterocycles. The quantitative estimate of drug-likeness (QED) is 0.505. The van der Waals surface area contributed by atoms with Gasteiger partial charge in [0.2, 0.25) is 5.91 Å². The Kier molecular flexibility index (Phi) is 4.88. The molecule has 2 heterocycles. The highest BCUT2D eigenvalue weighted by molar-refractivity contribution is 5.94. The van der Waals surface area contributed by atoms with Gasteiger partial charge in [-0.1, -0.05) is 24.3 Å². The smallest absolute Gasteiger partial charge is 0.217 e. The number of hydrogen-bond acceptors (Lipinski definition) is 4. The number of aromatic nitrogens is 2. The standard InChI is InChI=1S/C22H24N4O2/c1-26(2)18(7-5-9-21(23)27)14-10-11-17-16(12-14)22(25-24-17)20-13-15-6-3-4-8-19(15)28-20/h3-4,6,8,10-13,18H,5,7,9H2,1-2H3,(H2,23,27)(H,24,25). The van der Waals surface area contributed by atoms with Crippen molar-refractivity contribution in [3.63, 3.8) is 0 Å². The average molecular weight is 376 g/mol. The van der Waals surface area contributed by atoms with Crippen LogP contribution in [-0.4, -0.2) is 35.1 Å². The van der Waals surface area contributed by atoms with Crippen LogP contribution < -0.4 is 5.73 Å². The molecule has 0 saturated carbocycles. The third-order valence-corrected chi connectivity index (χ3v) is 5.15. The summed E-state index contributed by atoms with van der Waals surface area (Å²) in [5.41, 5.74) is 9.10. The van der Waals surface area contributed by atoms with E-state index in [0.717, 1.165) is 46.2 Å². The lowest BCUT2D eigenvalue weighted by Gasteiger charge is -2.24. The number of fused-ring (bicyclic) bond motifs is 2. The topological polar surface area (TPSA) is 88.1 Å². The monoisotopic (exact) mass is 376 g/mol. The number of rotatable bonds is 7. The van der Waals surface area contributed by atoms with E-state index < -0.39 is 0 Å². The van der Waals surface area contributed by atoms with Crippen LogP contribution in [0.15, 0.2) is 52.9 Å². The molecule has 0 aliphatic rings. The van der Waals surface area contributed by atoms with E-state index in [1.165, 1.54) is 5.56 Å². The molecule has 0 aliphatic heterocycles. The predicted octanol–water partition coefficient (Wildman–Crippen LogP) is 4.23. The maximum absolute atomic E-state index is 11.1. The van der Waals surface area contributed by atoms with E-state index in [9.17, 15) is 4.79 Å². The van der Waals surface area contributed by atoms with Gasteiger partial charge < -0.3 is 15.1 Å². The summed E-state index contributed by atoms with van der Waals surface area (Å²) in [4.78, 5) is 13.3. The van der Waals surface area contributed by atoms with E-state index in [4.69, 9.17) is 10.2 Å². The van der Waals surface area contributed by atoms with Crippen LogP contribution >= 0.6 is 0 Å². The Morgan fingerprint density at radius 1 is 1.21 bits per heavy atom. The fourth-order valence-electron chi connectivity index (χ4n) is 3.72. The maximum Gasteiger partial charge on any atom is 0.217 e. The minimum atomic E-state index is -0.255. The summed E-state index contributed by atoms with van der Waals surface area (Å²) in [5, 5.41) is 9.68. The molecule has 3 N–H and O–H groups in total. The number of carbonyl (C=O) groups excluding carboxylic acids is 1. The third-order valence-electron chi connectivity index (χ3n) is 5.15. The van der Waals surface area contributed by atoms with Crippen molar-refractivity contribution in [3.05, 3.63) is 54.1 Å². The van der Waals surface area contributed by atoms with Crippen molar-refractivity contribution in [2.45, 2.75) is 25.3 Å². The highest BCUT2D eigenvalue weighted by atomic mass is 16.3. The maximum atomic E-state index is 11.1. The normalized spacial score (nSPS) is 12.8. The number of nitrogens with zero attached hydrogens (tertiary/aromatic N) is 2. The van der Waals surface area contributed by atoms with Crippen LogP contribution in [0.3, 0.4) is 0 Å². The summed E-state index contributed by atoms with van der Waals surface area (Å²) < 4.78 is 6.02. The molecule has 0 spiro atoms. The van der Waals surface area contributed by atoms with Gasteiger partial charge in [0.15, 0.2) is 5.76 Å². The molecule has 0 bridgehead atoms. The minimum Gasteiger partial charge on any atom is -0.454 e. The lowest BCUT2D eigenvalue weighted by atomic mass is 9.98. The van der Waals surface area contributed by atoms with Gasteiger partial charge in [-0.05, 0) is 56.8 Å². The van der Waals surface area contributed by atoms with E-state index in [-0.39, 0.29) is 11.9 Å². The van der Waals surface area contributed by atoms with Gasteiger partial charge in [0.25, 0.3) is 0 Å². The average Bonchev–Trinajstić information content (AvgIpc) is 3.27. The first-order chi connectivity index (χ1) is 13.5. The molecule has 0 fully saturated rings. The molecule has 1 atom stereocenters. The summed E-state index contributed by atoms with van der Waals surface area (Å²) in [5.74, 6) is 0.495. The first-order valence-corrected chi connectivity index (χ1v) is 9.44. The number of nitrogens with one attached hydrogen (secondary N) is 1. The minimum absolute atomic E-state index is 0.196. The Bertz CT molecular complexity index is 1090. The Morgan fingerprint density at radius 2 is 2.04 bits per heavy atom. The van der Waals surface area contributed by atoms with Gasteiger partial charge in [-0.3, -0.25) is 9.89 Å². The van der Waals surface area contributed by atoms with Crippen LogP contribution in [0.2, 0.25) is 0 Å². The number of primary amides is 1. The summed E-state index contributed by atoms with van der Waals surface area (Å²) in [6, 6.07) is 16.5. The van der Waals surface area contributed by atoms with Crippen molar-refractivity contribution < 1.29 is 9.21 Å². The molecule has 0 radical (unpaired) electrons. The molecule has 4 rings (SSSR count). The predicted molar refractivity (Wildman–Crippen MR) is 111 cm³/mol. The molecule has 2 aromatic carbocycles. The summed E-state index contributed by atoms with van der Waals surface area (Å²) in [7, 11) is 4.10. The van der Waals surface area contributed by atoms with Crippen molar-refractivity contribution in [2.75, 3.05) is 14.1 Å². The second kappa shape index (κ2) is 7.48. The van der Waals surface area contributed by atoms with Crippen LogP contribution in [-0.2, 0) is 4.79 Å². The Morgan fingerprint density at radius 3 is 2.79 bits per heavy atom. The largest absolute Gasteiger partial charge is 0.454 e. The molecule has 144 valence electrons. The van der Waals surface area contributed by atoms with Crippen LogP contribution in [0.25, 0.3) is 33.3 Å². The zero-order valence-electron chi connectivity index (χ0n) is 16.1. The van der Waals surface area contributed by atoms with Crippen LogP contribution in [0.1, 0.15) is 30.9 Å². The molecule has 1 unspecified atom stereocenters. The Labute approximate surface area is 163 Å². The van der Waals surface area contributed by atoms with E-state index in [2.05, 4.69) is 47.4 Å². The number of para-hydroxylation sites is 1. The number of nitrogens with two attached hydrogens (primary N) is 1. The van der Waals surface area contributed by atoms with Crippen LogP contribution in [0, 0.1) is 0 Å². The molecule has 2 aromatic heterocycles. The lowest BCUT2D eigenvalue weighted by Crippen LogP contribution is -2.20. The first-order valence-electron chi connectivity index (χ1n) is 9.44. The first kappa shape index (κ1) is 18.3. The Balaban J connectivity index is 1.71. The van der Waals surface area contributed by atoms with E-state index in [1.54, 1.807) is 0 Å². The number of hydrogen-bond donors (Lipinski definition) is 2. The zero-order chi connectivity index (χ0) is 19.7. The second-order valence-corrected chi connectivity index (χ2v) is 7.36. The van der Waals surface area contributed by atoms with E-state index >= 15 is 0 Å². The van der Waals surface area contributed by atoms with E-state index in [0.29, 0.717) is 6.42 Å². The van der Waals surface area contributed by atoms with Gasteiger partial charge in [0.1, 0.15) is 11.3 Å². The van der Waals surface area contributed by atoms with Crippen molar-refractivity contribution in [1.29, 1.82) is 0 Å². The van der Waals surface area contributed by atoms with Gasteiger partial charge in [0, 0.05) is 23.2 Å². The van der Waals surface area contributed by atoms with Gasteiger partial charge in [-0.25, -0.2) is 0 Å². The van der Waals surface area contributed by atoms with Gasteiger partial charge in [-0.15, -0.1) is 0 Å². The second-order valence-electron chi connectivity index (χ2n) is 7.36. The number of amides is 1. The van der Waals surface area contributed by atoms with Crippen molar-refractivity contribution >= 4 is 27.8 Å². The van der Waals surface area contributed by atoms with Crippen LogP contribution in [0.4, 0.5) is 0 Å². The SMILES string of the molecule is CN(C)C(CCCC(N)=O)c1ccc2[nH]nc(-c3cc4ccccc4o3)c2c1. The zero-order valence-corrected chi connectivity index (χ0v) is 16.1. The highest BCUT2D eigenvalue weighted by Gasteiger charge is 2.18. The summed E-state index contributed by atoms with van der Waals surface area (Å²) in [6.45, 7) is 0. The molecular formula is C22H24N4O2. The molecule has 6 nitrogen and oxygen atoms in total. The molecule has 0 aliphatic carbocycles. The van der Waals surface area contributed by atoms with Gasteiger partial charge in [-0.2, -0.15) is 5.10 Å². The molecule has 1 amide bonds. The molecular weight excluding hydrogens is 352 g/mol. The molecule has 6 heteroatoms. The number of carbonyl (C=O) groups is 1. The van der Waals surface area contributed by atoms with Crippen molar-refractivity contribution in [3.8, 4) is 11.5 Å².